The van der Waals surface area contributed by atoms with Crippen molar-refractivity contribution in [3.8, 4) is 0 Å². The number of pyridine rings is 1. The second-order valence-corrected chi connectivity index (χ2v) is 6.69. The summed E-state index contributed by atoms with van der Waals surface area (Å²) in [7, 11) is 3.84. The first-order chi connectivity index (χ1) is 11.6. The molecule has 0 spiro atoms. The molecule has 0 radical (unpaired) electrons. The predicted octanol–water partition coefficient (Wildman–Crippen LogP) is 3.24. The molecule has 0 unspecified atom stereocenters. The van der Waals surface area contributed by atoms with Gasteiger partial charge in [0.05, 0.1) is 5.56 Å². The molecular weight excluding hydrogens is 298 g/mol. The number of carbonyl (C=O) groups is 1. The van der Waals surface area contributed by atoms with Crippen LogP contribution >= 0.6 is 0 Å². The molecule has 0 aliphatic carbocycles. The highest BCUT2D eigenvalue weighted by Gasteiger charge is 2.25. The van der Waals surface area contributed by atoms with Crippen LogP contribution in [0.5, 0.6) is 0 Å². The number of amides is 1. The third kappa shape index (κ3) is 3.75. The third-order valence-electron chi connectivity index (χ3n) is 4.71. The number of carbonyl (C=O) groups excluding carboxylic acids is 1. The highest BCUT2D eigenvalue weighted by Crippen LogP contribution is 2.24. The normalized spacial score (nSPS) is 15.3. The first kappa shape index (κ1) is 16.5. The predicted molar refractivity (Wildman–Crippen MR) is 97.3 cm³/mol. The average Bonchev–Trinajstić information content (AvgIpc) is 2.62. The molecule has 1 amide bonds. The van der Waals surface area contributed by atoms with Gasteiger partial charge in [-0.2, -0.15) is 0 Å². The van der Waals surface area contributed by atoms with Crippen LogP contribution < -0.4 is 4.90 Å². The fourth-order valence-corrected chi connectivity index (χ4v) is 3.38. The summed E-state index contributed by atoms with van der Waals surface area (Å²) >= 11 is 0. The molecule has 1 aromatic carbocycles. The largest absolute Gasteiger partial charge is 0.362 e. The van der Waals surface area contributed by atoms with Crippen molar-refractivity contribution in [1.29, 1.82) is 0 Å². The van der Waals surface area contributed by atoms with Gasteiger partial charge in [0.15, 0.2) is 0 Å². The summed E-state index contributed by atoms with van der Waals surface area (Å²) in [6, 6.07) is 14.3. The fourth-order valence-electron chi connectivity index (χ4n) is 3.38. The fraction of sp³-hybridized carbons (Fsp3) is 0.400. The van der Waals surface area contributed by atoms with Crippen LogP contribution in [-0.2, 0) is 6.42 Å². The first-order valence-electron chi connectivity index (χ1n) is 8.60. The van der Waals surface area contributed by atoms with E-state index in [4.69, 9.17) is 0 Å². The number of hydrogen-bond donors (Lipinski definition) is 0. The van der Waals surface area contributed by atoms with E-state index >= 15 is 0 Å². The third-order valence-corrected chi connectivity index (χ3v) is 4.71. The quantitative estimate of drug-likeness (QED) is 0.867. The molecule has 0 bridgehead atoms. The van der Waals surface area contributed by atoms with Gasteiger partial charge in [-0.3, -0.25) is 4.79 Å². The maximum atomic E-state index is 12.8. The Morgan fingerprint density at radius 1 is 1.12 bits per heavy atom. The van der Waals surface area contributed by atoms with Crippen molar-refractivity contribution in [3.05, 3.63) is 59.8 Å². The number of hydrogen-bond acceptors (Lipinski definition) is 3. The molecular formula is C20H25N3O. The number of anilines is 1. The SMILES string of the molecule is CN(C)c1ncccc1C(=O)N1CCC(Cc2ccccc2)CC1. The molecule has 2 heterocycles. The van der Waals surface area contributed by atoms with Gasteiger partial charge in [0.2, 0.25) is 0 Å². The minimum atomic E-state index is 0.102. The molecule has 24 heavy (non-hydrogen) atoms. The molecule has 4 nitrogen and oxygen atoms in total. The number of likely N-dealkylation sites (tertiary alicyclic amines) is 1. The van der Waals surface area contributed by atoms with Crippen LogP contribution in [0.2, 0.25) is 0 Å². The van der Waals surface area contributed by atoms with E-state index < -0.39 is 0 Å². The Labute approximate surface area is 144 Å². The van der Waals surface area contributed by atoms with Gasteiger partial charge in [-0.25, -0.2) is 4.98 Å². The number of benzene rings is 1. The Kier molecular flexibility index (Phi) is 5.14. The smallest absolute Gasteiger partial charge is 0.257 e. The van der Waals surface area contributed by atoms with Crippen molar-refractivity contribution in [1.82, 2.24) is 9.88 Å². The van der Waals surface area contributed by atoms with Gasteiger partial charge in [0.25, 0.3) is 5.91 Å². The Bertz CT molecular complexity index is 676. The summed E-state index contributed by atoms with van der Waals surface area (Å²) in [5.74, 6) is 1.51. The van der Waals surface area contributed by atoms with E-state index in [-0.39, 0.29) is 5.91 Å². The van der Waals surface area contributed by atoms with Gasteiger partial charge >= 0.3 is 0 Å². The second-order valence-electron chi connectivity index (χ2n) is 6.69. The Morgan fingerprint density at radius 2 is 1.83 bits per heavy atom. The summed E-state index contributed by atoms with van der Waals surface area (Å²) in [6.07, 6.45) is 4.98. The standard InChI is InChI=1S/C20H25N3O/c1-22(2)19-18(9-6-12-21-19)20(24)23-13-10-17(11-14-23)15-16-7-4-3-5-8-16/h3-9,12,17H,10-11,13-15H2,1-2H3. The van der Waals surface area contributed by atoms with E-state index in [1.54, 1.807) is 6.20 Å². The lowest BCUT2D eigenvalue weighted by atomic mass is 9.90. The van der Waals surface area contributed by atoms with Gasteiger partial charge in [-0.05, 0) is 42.9 Å². The minimum Gasteiger partial charge on any atom is -0.362 e. The molecule has 4 heteroatoms. The maximum Gasteiger partial charge on any atom is 0.257 e. The van der Waals surface area contributed by atoms with Gasteiger partial charge < -0.3 is 9.80 Å². The molecule has 1 aliphatic heterocycles. The van der Waals surface area contributed by atoms with Crippen molar-refractivity contribution >= 4 is 11.7 Å². The highest BCUT2D eigenvalue weighted by molar-refractivity contribution is 5.98. The molecule has 126 valence electrons. The second kappa shape index (κ2) is 7.47. The van der Waals surface area contributed by atoms with Crippen LogP contribution in [0, 0.1) is 5.92 Å². The van der Waals surface area contributed by atoms with Crippen molar-refractivity contribution < 1.29 is 4.79 Å². The van der Waals surface area contributed by atoms with E-state index in [1.807, 2.05) is 36.0 Å². The Morgan fingerprint density at radius 3 is 2.50 bits per heavy atom. The van der Waals surface area contributed by atoms with Gasteiger partial charge in [0, 0.05) is 33.4 Å². The van der Waals surface area contributed by atoms with Crippen LogP contribution in [0.25, 0.3) is 0 Å². The zero-order chi connectivity index (χ0) is 16.9. The topological polar surface area (TPSA) is 36.4 Å². The lowest BCUT2D eigenvalue weighted by molar-refractivity contribution is 0.0691. The maximum absolute atomic E-state index is 12.8. The Balaban J connectivity index is 1.61. The number of aromatic nitrogens is 1. The molecule has 0 atom stereocenters. The van der Waals surface area contributed by atoms with E-state index in [1.165, 1.54) is 5.56 Å². The van der Waals surface area contributed by atoms with Crippen LogP contribution in [0.15, 0.2) is 48.7 Å². The van der Waals surface area contributed by atoms with E-state index in [0.717, 1.165) is 38.2 Å². The molecule has 1 saturated heterocycles. The van der Waals surface area contributed by atoms with Crippen LogP contribution in [0.4, 0.5) is 5.82 Å². The summed E-state index contributed by atoms with van der Waals surface area (Å²) < 4.78 is 0. The zero-order valence-corrected chi connectivity index (χ0v) is 14.5. The molecule has 1 aromatic heterocycles. The van der Waals surface area contributed by atoms with E-state index in [0.29, 0.717) is 11.5 Å². The lowest BCUT2D eigenvalue weighted by Gasteiger charge is -2.32. The minimum absolute atomic E-state index is 0.102. The average molecular weight is 323 g/mol. The van der Waals surface area contributed by atoms with Crippen molar-refractivity contribution in [2.75, 3.05) is 32.1 Å². The number of rotatable bonds is 4. The monoisotopic (exact) mass is 323 g/mol. The highest BCUT2D eigenvalue weighted by atomic mass is 16.2. The van der Waals surface area contributed by atoms with Crippen LogP contribution in [0.1, 0.15) is 28.8 Å². The molecule has 0 saturated carbocycles. The van der Waals surface area contributed by atoms with Crippen molar-refractivity contribution in [3.63, 3.8) is 0 Å². The summed E-state index contributed by atoms with van der Waals surface area (Å²) in [5, 5.41) is 0. The number of piperidine rings is 1. The van der Waals surface area contributed by atoms with Crippen molar-refractivity contribution in [2.45, 2.75) is 19.3 Å². The van der Waals surface area contributed by atoms with Gasteiger partial charge in [0.1, 0.15) is 5.82 Å². The van der Waals surface area contributed by atoms with E-state index in [2.05, 4.69) is 35.3 Å². The first-order valence-corrected chi connectivity index (χ1v) is 8.60. The summed E-state index contributed by atoms with van der Waals surface area (Å²) in [5.41, 5.74) is 2.09. The molecule has 0 N–H and O–H groups in total. The Hall–Kier alpha value is -2.36. The van der Waals surface area contributed by atoms with E-state index in [9.17, 15) is 4.79 Å². The lowest BCUT2D eigenvalue weighted by Crippen LogP contribution is -2.39. The summed E-state index contributed by atoms with van der Waals surface area (Å²) in [4.78, 5) is 21.1. The molecule has 3 rings (SSSR count). The summed E-state index contributed by atoms with van der Waals surface area (Å²) in [6.45, 7) is 1.66. The zero-order valence-electron chi connectivity index (χ0n) is 14.5. The van der Waals surface area contributed by atoms with Crippen LogP contribution in [-0.4, -0.2) is 43.0 Å². The van der Waals surface area contributed by atoms with Crippen LogP contribution in [0.3, 0.4) is 0 Å². The van der Waals surface area contributed by atoms with Gasteiger partial charge in [-0.15, -0.1) is 0 Å². The molecule has 1 aliphatic rings. The molecule has 2 aromatic rings. The van der Waals surface area contributed by atoms with Crippen molar-refractivity contribution in [2.24, 2.45) is 5.92 Å². The molecule has 1 fully saturated rings. The van der Waals surface area contributed by atoms with Gasteiger partial charge in [-0.1, -0.05) is 30.3 Å². The number of nitrogens with zero attached hydrogens (tertiary/aromatic N) is 3.